The topological polar surface area (TPSA) is 55.6 Å². The van der Waals surface area contributed by atoms with Gasteiger partial charge in [-0.1, -0.05) is 6.92 Å². The highest BCUT2D eigenvalue weighted by Gasteiger charge is 2.26. The lowest BCUT2D eigenvalue weighted by molar-refractivity contribution is -0.143. The van der Waals surface area contributed by atoms with Crippen molar-refractivity contribution >= 4 is 5.97 Å². The van der Waals surface area contributed by atoms with E-state index in [4.69, 9.17) is 5.73 Å². The van der Waals surface area contributed by atoms with Crippen LogP contribution in [0.3, 0.4) is 0 Å². The number of hydrogen-bond acceptors (Lipinski definition) is 4. The number of esters is 1. The Morgan fingerprint density at radius 2 is 2.33 bits per heavy atom. The molecule has 1 fully saturated rings. The summed E-state index contributed by atoms with van der Waals surface area (Å²) in [6.45, 7) is 4.90. The van der Waals surface area contributed by atoms with E-state index in [1.54, 1.807) is 0 Å². The molecule has 0 radical (unpaired) electrons. The number of ether oxygens (including phenoxy) is 1. The number of nitrogens with zero attached hydrogens (tertiary/aromatic N) is 1. The van der Waals surface area contributed by atoms with Crippen molar-refractivity contribution in [3.05, 3.63) is 0 Å². The van der Waals surface area contributed by atoms with Gasteiger partial charge in [0.05, 0.1) is 7.11 Å². The first-order chi connectivity index (χ1) is 5.63. The largest absolute Gasteiger partial charge is 0.468 e. The lowest BCUT2D eigenvalue weighted by Crippen LogP contribution is -2.52. The molecule has 70 valence electrons. The van der Waals surface area contributed by atoms with Gasteiger partial charge in [-0.3, -0.25) is 4.79 Å². The summed E-state index contributed by atoms with van der Waals surface area (Å²) in [5, 5.41) is 0. The molecule has 1 aliphatic heterocycles. The van der Waals surface area contributed by atoms with Gasteiger partial charge in [-0.2, -0.15) is 0 Å². The van der Waals surface area contributed by atoms with Gasteiger partial charge >= 0.3 is 5.97 Å². The number of methoxy groups -OCH3 is 1. The summed E-state index contributed by atoms with van der Waals surface area (Å²) in [5.41, 5.74) is 5.57. The van der Waals surface area contributed by atoms with Crippen LogP contribution in [0.15, 0.2) is 0 Å². The van der Waals surface area contributed by atoms with E-state index < -0.39 is 6.04 Å². The lowest BCUT2D eigenvalue weighted by Gasteiger charge is -2.38. The predicted octanol–water partition coefficient (Wildman–Crippen LogP) is -0.562. The maximum Gasteiger partial charge on any atom is 0.323 e. The van der Waals surface area contributed by atoms with Crippen molar-refractivity contribution in [1.82, 2.24) is 4.90 Å². The van der Waals surface area contributed by atoms with Crippen molar-refractivity contribution < 1.29 is 9.53 Å². The van der Waals surface area contributed by atoms with Crippen LogP contribution in [0.1, 0.15) is 6.92 Å². The Morgan fingerprint density at radius 1 is 1.75 bits per heavy atom. The van der Waals surface area contributed by atoms with E-state index in [1.165, 1.54) is 7.11 Å². The minimum Gasteiger partial charge on any atom is -0.468 e. The first kappa shape index (κ1) is 9.48. The number of carbonyl (C=O) groups excluding carboxylic acids is 1. The summed E-state index contributed by atoms with van der Waals surface area (Å²) >= 11 is 0. The highest BCUT2D eigenvalue weighted by molar-refractivity contribution is 5.75. The average molecular weight is 172 g/mol. The van der Waals surface area contributed by atoms with E-state index in [9.17, 15) is 4.79 Å². The molecule has 0 saturated carbocycles. The monoisotopic (exact) mass is 172 g/mol. The molecule has 1 heterocycles. The van der Waals surface area contributed by atoms with Crippen LogP contribution in [-0.4, -0.2) is 43.7 Å². The van der Waals surface area contributed by atoms with E-state index in [-0.39, 0.29) is 5.97 Å². The fourth-order valence-electron chi connectivity index (χ4n) is 1.48. The van der Waals surface area contributed by atoms with Crippen LogP contribution < -0.4 is 5.73 Å². The Hall–Kier alpha value is -0.610. The Labute approximate surface area is 72.7 Å². The van der Waals surface area contributed by atoms with Crippen molar-refractivity contribution in [3.63, 3.8) is 0 Å². The van der Waals surface area contributed by atoms with Gasteiger partial charge < -0.3 is 15.4 Å². The van der Waals surface area contributed by atoms with Gasteiger partial charge in [0.1, 0.15) is 6.04 Å². The molecule has 4 heteroatoms. The number of hydrogen-bond donors (Lipinski definition) is 1. The quantitative estimate of drug-likeness (QED) is 0.580. The Balaban J connectivity index is 2.18. The smallest absolute Gasteiger partial charge is 0.323 e. The van der Waals surface area contributed by atoms with E-state index >= 15 is 0 Å². The molecule has 0 aromatic rings. The number of likely N-dealkylation sites (tertiary alicyclic amines) is 1. The molecule has 4 nitrogen and oxygen atoms in total. The third-order valence-corrected chi connectivity index (χ3v) is 2.10. The first-order valence-corrected chi connectivity index (χ1v) is 4.19. The Morgan fingerprint density at radius 3 is 2.75 bits per heavy atom. The maximum absolute atomic E-state index is 10.9. The second-order valence-electron chi connectivity index (χ2n) is 3.45. The molecule has 1 atom stereocenters. The molecule has 1 saturated heterocycles. The standard InChI is InChI=1S/C8H16N2O2/c1-6-3-10(4-6)5-7(9)8(11)12-2/h6-7H,3-5,9H2,1-2H3. The average Bonchev–Trinajstić information content (AvgIpc) is 2.00. The molecule has 0 aromatic carbocycles. The third kappa shape index (κ3) is 2.19. The number of carbonyl (C=O) groups is 1. The lowest BCUT2D eigenvalue weighted by atomic mass is 10.0. The van der Waals surface area contributed by atoms with Crippen LogP contribution >= 0.6 is 0 Å². The van der Waals surface area contributed by atoms with Gasteiger partial charge in [-0.05, 0) is 5.92 Å². The minimum atomic E-state index is -0.484. The molecule has 0 aromatic heterocycles. The molecule has 0 bridgehead atoms. The molecular formula is C8H16N2O2. The fourth-order valence-corrected chi connectivity index (χ4v) is 1.48. The van der Waals surface area contributed by atoms with E-state index in [0.29, 0.717) is 6.54 Å². The fraction of sp³-hybridized carbons (Fsp3) is 0.875. The molecule has 0 spiro atoms. The molecule has 1 rings (SSSR count). The molecule has 1 unspecified atom stereocenters. The summed E-state index contributed by atoms with van der Waals surface area (Å²) in [7, 11) is 1.36. The molecule has 0 aliphatic carbocycles. The normalized spacial score (nSPS) is 21.6. The predicted molar refractivity (Wildman–Crippen MR) is 45.6 cm³/mol. The van der Waals surface area contributed by atoms with E-state index in [1.807, 2.05) is 0 Å². The Kier molecular flexibility index (Phi) is 3.05. The highest BCUT2D eigenvalue weighted by Crippen LogP contribution is 2.13. The van der Waals surface area contributed by atoms with Gasteiger partial charge in [-0.25, -0.2) is 0 Å². The van der Waals surface area contributed by atoms with Crippen molar-refractivity contribution in [1.29, 1.82) is 0 Å². The van der Waals surface area contributed by atoms with Gasteiger partial charge in [0.25, 0.3) is 0 Å². The first-order valence-electron chi connectivity index (χ1n) is 4.19. The summed E-state index contributed by atoms with van der Waals surface area (Å²) in [6, 6.07) is -0.484. The van der Waals surface area contributed by atoms with Gasteiger partial charge in [0, 0.05) is 19.6 Å². The summed E-state index contributed by atoms with van der Waals surface area (Å²) < 4.78 is 4.52. The van der Waals surface area contributed by atoms with Gasteiger partial charge in [0.15, 0.2) is 0 Å². The maximum atomic E-state index is 10.9. The van der Waals surface area contributed by atoms with Crippen molar-refractivity contribution in [3.8, 4) is 0 Å². The van der Waals surface area contributed by atoms with Crippen LogP contribution in [0, 0.1) is 5.92 Å². The van der Waals surface area contributed by atoms with Gasteiger partial charge in [0.2, 0.25) is 0 Å². The summed E-state index contributed by atoms with van der Waals surface area (Å²) in [6.07, 6.45) is 0. The number of rotatable bonds is 3. The molecule has 2 N–H and O–H groups in total. The van der Waals surface area contributed by atoms with E-state index in [2.05, 4.69) is 16.6 Å². The highest BCUT2D eigenvalue weighted by atomic mass is 16.5. The summed E-state index contributed by atoms with van der Waals surface area (Å²) in [5.74, 6) is 0.421. The molecular weight excluding hydrogens is 156 g/mol. The zero-order chi connectivity index (χ0) is 9.14. The number of nitrogens with two attached hydrogens (primary N) is 1. The van der Waals surface area contributed by atoms with E-state index in [0.717, 1.165) is 19.0 Å². The summed E-state index contributed by atoms with van der Waals surface area (Å²) in [4.78, 5) is 13.1. The zero-order valence-corrected chi connectivity index (χ0v) is 7.62. The van der Waals surface area contributed by atoms with Crippen LogP contribution in [0.25, 0.3) is 0 Å². The molecule has 12 heavy (non-hydrogen) atoms. The second-order valence-corrected chi connectivity index (χ2v) is 3.45. The Bertz CT molecular complexity index is 166. The minimum absolute atomic E-state index is 0.324. The zero-order valence-electron chi connectivity index (χ0n) is 7.62. The van der Waals surface area contributed by atoms with Crippen molar-refractivity contribution in [2.75, 3.05) is 26.7 Å². The van der Waals surface area contributed by atoms with Gasteiger partial charge in [-0.15, -0.1) is 0 Å². The third-order valence-electron chi connectivity index (χ3n) is 2.10. The molecule has 1 aliphatic rings. The van der Waals surface area contributed by atoms with Crippen LogP contribution in [-0.2, 0) is 9.53 Å². The van der Waals surface area contributed by atoms with Crippen LogP contribution in [0.5, 0.6) is 0 Å². The molecule has 0 amide bonds. The van der Waals surface area contributed by atoms with Crippen molar-refractivity contribution in [2.45, 2.75) is 13.0 Å². The SMILES string of the molecule is COC(=O)C(N)CN1CC(C)C1. The van der Waals surface area contributed by atoms with Crippen molar-refractivity contribution in [2.24, 2.45) is 11.7 Å². The van der Waals surface area contributed by atoms with Crippen LogP contribution in [0.4, 0.5) is 0 Å². The van der Waals surface area contributed by atoms with Crippen LogP contribution in [0.2, 0.25) is 0 Å². The second kappa shape index (κ2) is 3.87.